The summed E-state index contributed by atoms with van der Waals surface area (Å²) in [6.45, 7) is 7.60. The molecule has 0 aliphatic carbocycles. The number of aliphatic hydroxyl groups excluding tert-OH is 1. The minimum absolute atomic E-state index is 0.103. The summed E-state index contributed by atoms with van der Waals surface area (Å²) in [5, 5.41) is 11.8. The summed E-state index contributed by atoms with van der Waals surface area (Å²) in [5.41, 5.74) is 6.01. The van der Waals surface area contributed by atoms with Crippen LogP contribution in [0.15, 0.2) is 36.6 Å². The van der Waals surface area contributed by atoms with Crippen LogP contribution >= 0.6 is 0 Å². The van der Waals surface area contributed by atoms with Crippen LogP contribution in [0.5, 0.6) is 0 Å². The van der Waals surface area contributed by atoms with Crippen LogP contribution in [0.4, 0.5) is 4.79 Å². The van der Waals surface area contributed by atoms with E-state index in [9.17, 15) is 4.79 Å². The smallest absolute Gasteiger partial charge is 0.407 e. The van der Waals surface area contributed by atoms with Crippen molar-refractivity contribution in [2.24, 2.45) is 11.7 Å². The number of rotatable bonds is 8. The predicted molar refractivity (Wildman–Crippen MR) is 76.4 cm³/mol. The largest absolute Gasteiger partial charge is 0.445 e. The van der Waals surface area contributed by atoms with E-state index in [0.717, 1.165) is 5.57 Å². The van der Waals surface area contributed by atoms with Crippen LogP contribution in [0.3, 0.4) is 0 Å². The van der Waals surface area contributed by atoms with Crippen LogP contribution in [-0.2, 0) is 4.74 Å². The number of hydrogen-bond acceptors (Lipinski definition) is 4. The summed E-state index contributed by atoms with van der Waals surface area (Å²) in [6.07, 6.45) is 6.43. The van der Waals surface area contributed by atoms with Crippen molar-refractivity contribution in [3.05, 3.63) is 36.6 Å². The highest BCUT2D eigenvalue weighted by Gasteiger charge is 2.13. The van der Waals surface area contributed by atoms with E-state index >= 15 is 0 Å². The molecule has 0 saturated carbocycles. The van der Waals surface area contributed by atoms with Crippen molar-refractivity contribution in [1.29, 1.82) is 0 Å². The van der Waals surface area contributed by atoms with E-state index in [1.165, 1.54) is 6.20 Å². The Bertz CT molecular complexity index is 336. The summed E-state index contributed by atoms with van der Waals surface area (Å²) >= 11 is 0. The molecular formula is C14H24N2O3. The fraction of sp³-hybridized carbons (Fsp3) is 0.500. The first-order valence-electron chi connectivity index (χ1n) is 6.27. The van der Waals surface area contributed by atoms with Gasteiger partial charge in [-0.15, -0.1) is 0 Å². The lowest BCUT2D eigenvalue weighted by molar-refractivity contribution is 0.141. The molecule has 0 aromatic carbocycles. The van der Waals surface area contributed by atoms with Crippen LogP contribution in [0.25, 0.3) is 0 Å². The average molecular weight is 268 g/mol. The molecule has 108 valence electrons. The Morgan fingerprint density at radius 1 is 1.53 bits per heavy atom. The minimum Gasteiger partial charge on any atom is -0.445 e. The van der Waals surface area contributed by atoms with Crippen molar-refractivity contribution >= 4 is 6.09 Å². The van der Waals surface area contributed by atoms with Gasteiger partial charge in [0.1, 0.15) is 6.61 Å². The molecule has 5 nitrogen and oxygen atoms in total. The molecule has 0 aromatic rings. The Morgan fingerprint density at radius 3 is 2.68 bits per heavy atom. The molecule has 0 rings (SSSR count). The van der Waals surface area contributed by atoms with E-state index in [-0.39, 0.29) is 19.3 Å². The molecule has 1 amide bonds. The summed E-state index contributed by atoms with van der Waals surface area (Å²) in [6, 6.07) is -0.288. The molecule has 0 aliphatic rings. The van der Waals surface area contributed by atoms with Gasteiger partial charge >= 0.3 is 6.09 Å². The van der Waals surface area contributed by atoms with Crippen molar-refractivity contribution in [3.63, 3.8) is 0 Å². The maximum Gasteiger partial charge on any atom is 0.407 e. The van der Waals surface area contributed by atoms with Crippen LogP contribution in [0, 0.1) is 5.92 Å². The number of carbonyl (C=O) groups excluding carboxylic acids is 1. The van der Waals surface area contributed by atoms with Gasteiger partial charge in [-0.05, 0) is 30.2 Å². The Morgan fingerprint density at radius 2 is 2.21 bits per heavy atom. The van der Waals surface area contributed by atoms with Gasteiger partial charge in [0.25, 0.3) is 0 Å². The van der Waals surface area contributed by atoms with Crippen molar-refractivity contribution < 1.29 is 14.6 Å². The highest BCUT2D eigenvalue weighted by molar-refractivity contribution is 5.67. The highest BCUT2D eigenvalue weighted by Crippen LogP contribution is 2.05. The lowest BCUT2D eigenvalue weighted by Crippen LogP contribution is -2.38. The zero-order valence-corrected chi connectivity index (χ0v) is 11.6. The van der Waals surface area contributed by atoms with Gasteiger partial charge in [0.15, 0.2) is 0 Å². The number of amides is 1. The van der Waals surface area contributed by atoms with Crippen LogP contribution < -0.4 is 11.1 Å². The third-order valence-electron chi connectivity index (χ3n) is 2.31. The predicted octanol–water partition coefficient (Wildman–Crippen LogP) is 1.70. The van der Waals surface area contributed by atoms with Gasteiger partial charge in [-0.2, -0.15) is 0 Å². The first-order chi connectivity index (χ1) is 9.03. The van der Waals surface area contributed by atoms with Gasteiger partial charge in [-0.1, -0.05) is 32.6 Å². The second kappa shape index (κ2) is 10.2. The Labute approximate surface area is 114 Å². The number of ether oxygens (including phenoxy) is 1. The SMILES string of the molecule is C=C/C=C(\C=C/N)COC(=O)N[C@@H](CO)CC(C)C. The Kier molecular flexibility index (Phi) is 9.26. The Balaban J connectivity index is 4.22. The summed E-state index contributed by atoms with van der Waals surface area (Å²) < 4.78 is 5.04. The number of alkyl carbamates (subject to hydrolysis) is 1. The number of aliphatic hydroxyl groups is 1. The molecule has 0 heterocycles. The maximum atomic E-state index is 11.6. The molecule has 0 aliphatic heterocycles. The zero-order chi connectivity index (χ0) is 14.7. The van der Waals surface area contributed by atoms with E-state index in [1.54, 1.807) is 18.2 Å². The second-order valence-corrected chi connectivity index (χ2v) is 4.57. The quantitative estimate of drug-likeness (QED) is 0.585. The van der Waals surface area contributed by atoms with E-state index < -0.39 is 6.09 Å². The van der Waals surface area contributed by atoms with Gasteiger partial charge in [-0.3, -0.25) is 0 Å². The van der Waals surface area contributed by atoms with Crippen molar-refractivity contribution in [3.8, 4) is 0 Å². The van der Waals surface area contributed by atoms with Gasteiger partial charge in [-0.25, -0.2) is 4.79 Å². The molecule has 4 N–H and O–H groups in total. The van der Waals surface area contributed by atoms with Crippen molar-refractivity contribution in [2.75, 3.05) is 13.2 Å². The third kappa shape index (κ3) is 8.90. The van der Waals surface area contributed by atoms with E-state index in [1.807, 2.05) is 13.8 Å². The molecule has 0 radical (unpaired) electrons. The van der Waals surface area contributed by atoms with Crippen LogP contribution in [0.2, 0.25) is 0 Å². The molecule has 0 bridgehead atoms. The average Bonchev–Trinajstić information content (AvgIpc) is 2.35. The molecule has 5 heteroatoms. The fourth-order valence-corrected chi connectivity index (χ4v) is 1.53. The first-order valence-corrected chi connectivity index (χ1v) is 6.27. The number of hydrogen-bond donors (Lipinski definition) is 3. The molecule has 19 heavy (non-hydrogen) atoms. The lowest BCUT2D eigenvalue weighted by atomic mass is 10.0. The van der Waals surface area contributed by atoms with Gasteiger partial charge in [0.05, 0.1) is 12.6 Å². The van der Waals surface area contributed by atoms with Crippen LogP contribution in [0.1, 0.15) is 20.3 Å². The number of carbonyl (C=O) groups is 1. The monoisotopic (exact) mass is 268 g/mol. The van der Waals surface area contributed by atoms with E-state index in [2.05, 4.69) is 11.9 Å². The molecule has 0 saturated heterocycles. The highest BCUT2D eigenvalue weighted by atomic mass is 16.5. The van der Waals surface area contributed by atoms with Gasteiger partial charge < -0.3 is 20.9 Å². The normalized spacial score (nSPS) is 13.6. The molecular weight excluding hydrogens is 244 g/mol. The molecule has 0 fully saturated rings. The summed E-state index contributed by atoms with van der Waals surface area (Å²) in [4.78, 5) is 11.6. The molecule has 1 atom stereocenters. The second-order valence-electron chi connectivity index (χ2n) is 4.57. The fourth-order valence-electron chi connectivity index (χ4n) is 1.53. The van der Waals surface area contributed by atoms with Crippen molar-refractivity contribution in [1.82, 2.24) is 5.32 Å². The zero-order valence-electron chi connectivity index (χ0n) is 11.6. The van der Waals surface area contributed by atoms with E-state index in [4.69, 9.17) is 15.6 Å². The summed E-state index contributed by atoms with van der Waals surface area (Å²) in [5.74, 6) is 0.383. The van der Waals surface area contributed by atoms with Crippen molar-refractivity contribution in [2.45, 2.75) is 26.3 Å². The molecule has 0 unspecified atom stereocenters. The number of allylic oxidation sites excluding steroid dienone is 2. The van der Waals surface area contributed by atoms with Crippen LogP contribution in [-0.4, -0.2) is 30.5 Å². The minimum atomic E-state index is -0.555. The summed E-state index contributed by atoms with van der Waals surface area (Å²) in [7, 11) is 0. The Hall–Kier alpha value is -1.75. The van der Waals surface area contributed by atoms with Gasteiger partial charge in [0, 0.05) is 0 Å². The first kappa shape index (κ1) is 17.2. The number of nitrogens with two attached hydrogens (primary N) is 1. The molecule has 0 spiro atoms. The topological polar surface area (TPSA) is 84.6 Å². The standard InChI is InChI=1S/C14H24N2O3/c1-4-5-12(6-7-15)10-19-14(18)16-13(9-17)8-11(2)3/h4-7,11,13,17H,1,8-10,15H2,2-3H3,(H,16,18)/b7-6-,12-5+/t13-/m1/s1. The molecule has 0 aromatic heterocycles. The van der Waals surface area contributed by atoms with E-state index in [0.29, 0.717) is 12.3 Å². The maximum absolute atomic E-state index is 11.6. The van der Waals surface area contributed by atoms with Gasteiger partial charge in [0.2, 0.25) is 0 Å². The number of nitrogens with one attached hydrogen (secondary N) is 1. The third-order valence-corrected chi connectivity index (χ3v) is 2.31. The lowest BCUT2D eigenvalue weighted by Gasteiger charge is -2.18.